The standard InChI is InChI=1S/C18H23NO5/c1-5-17(20)19-10-9-14-12-16(23-4)15(22-3)11-13(14)7-8-18(21)24-6-2/h5,7-8,11-12H,1,6,9-10H2,2-4H3,(H,19,20)/b8-7+. The molecule has 0 atom stereocenters. The third-order valence-corrected chi connectivity index (χ3v) is 3.21. The van der Waals surface area contributed by atoms with Crippen LogP contribution in [0.2, 0.25) is 0 Å². The fraction of sp³-hybridized carbons (Fsp3) is 0.333. The summed E-state index contributed by atoms with van der Waals surface area (Å²) in [6.45, 7) is 5.90. The van der Waals surface area contributed by atoms with E-state index in [0.29, 0.717) is 31.1 Å². The zero-order valence-corrected chi connectivity index (χ0v) is 14.3. The van der Waals surface area contributed by atoms with Crippen molar-refractivity contribution in [2.75, 3.05) is 27.4 Å². The van der Waals surface area contributed by atoms with Crippen LogP contribution in [-0.2, 0) is 20.7 Å². The van der Waals surface area contributed by atoms with Gasteiger partial charge < -0.3 is 19.5 Å². The number of hydrogen-bond acceptors (Lipinski definition) is 5. The van der Waals surface area contributed by atoms with Crippen molar-refractivity contribution in [2.45, 2.75) is 13.3 Å². The highest BCUT2D eigenvalue weighted by Crippen LogP contribution is 2.31. The lowest BCUT2D eigenvalue weighted by molar-refractivity contribution is -0.137. The SMILES string of the molecule is C=CC(=O)NCCc1cc(OC)c(OC)cc1/C=C/C(=O)OCC. The van der Waals surface area contributed by atoms with E-state index in [9.17, 15) is 9.59 Å². The monoisotopic (exact) mass is 333 g/mol. The Hall–Kier alpha value is -2.76. The number of esters is 1. The molecule has 0 unspecified atom stereocenters. The van der Waals surface area contributed by atoms with Gasteiger partial charge in [-0.05, 0) is 48.8 Å². The highest BCUT2D eigenvalue weighted by molar-refractivity contribution is 5.88. The summed E-state index contributed by atoms with van der Waals surface area (Å²) >= 11 is 0. The summed E-state index contributed by atoms with van der Waals surface area (Å²) in [5.41, 5.74) is 1.69. The van der Waals surface area contributed by atoms with Crippen LogP contribution in [0, 0.1) is 0 Å². The van der Waals surface area contributed by atoms with Crippen LogP contribution < -0.4 is 14.8 Å². The van der Waals surface area contributed by atoms with Crippen molar-refractivity contribution in [2.24, 2.45) is 0 Å². The second-order valence-electron chi connectivity index (χ2n) is 4.74. The molecule has 0 aliphatic heterocycles. The quantitative estimate of drug-likeness (QED) is 0.553. The Kier molecular flexibility index (Phi) is 8.11. The normalized spacial score (nSPS) is 10.3. The van der Waals surface area contributed by atoms with E-state index >= 15 is 0 Å². The number of carbonyl (C=O) groups excluding carboxylic acids is 2. The van der Waals surface area contributed by atoms with Crippen LogP contribution in [0.25, 0.3) is 6.08 Å². The van der Waals surface area contributed by atoms with Gasteiger partial charge in [0.25, 0.3) is 0 Å². The topological polar surface area (TPSA) is 73.9 Å². The zero-order valence-electron chi connectivity index (χ0n) is 14.3. The molecule has 1 amide bonds. The summed E-state index contributed by atoms with van der Waals surface area (Å²) in [4.78, 5) is 22.8. The summed E-state index contributed by atoms with van der Waals surface area (Å²) < 4.78 is 15.5. The minimum Gasteiger partial charge on any atom is -0.493 e. The molecule has 0 aliphatic rings. The second kappa shape index (κ2) is 10.1. The molecule has 0 radical (unpaired) electrons. The minimum absolute atomic E-state index is 0.237. The Bertz CT molecular complexity index is 622. The van der Waals surface area contributed by atoms with Crippen molar-refractivity contribution in [1.29, 1.82) is 0 Å². The highest BCUT2D eigenvalue weighted by atomic mass is 16.5. The number of methoxy groups -OCH3 is 2. The minimum atomic E-state index is -0.418. The molecule has 0 bridgehead atoms. The molecule has 0 heterocycles. The van der Waals surface area contributed by atoms with Crippen LogP contribution in [0.3, 0.4) is 0 Å². The van der Waals surface area contributed by atoms with Gasteiger partial charge in [-0.25, -0.2) is 4.79 Å². The molecule has 0 aromatic heterocycles. The van der Waals surface area contributed by atoms with E-state index in [1.54, 1.807) is 33.3 Å². The van der Waals surface area contributed by atoms with Crippen molar-refractivity contribution >= 4 is 18.0 Å². The maximum absolute atomic E-state index is 11.5. The third-order valence-electron chi connectivity index (χ3n) is 3.21. The van der Waals surface area contributed by atoms with E-state index in [4.69, 9.17) is 14.2 Å². The van der Waals surface area contributed by atoms with Gasteiger partial charge in [0.15, 0.2) is 11.5 Å². The van der Waals surface area contributed by atoms with Crippen molar-refractivity contribution in [3.8, 4) is 11.5 Å². The number of benzene rings is 1. The van der Waals surface area contributed by atoms with Crippen LogP contribution in [0.5, 0.6) is 11.5 Å². The molecular formula is C18H23NO5. The summed E-state index contributed by atoms with van der Waals surface area (Å²) in [6.07, 6.45) is 4.79. The smallest absolute Gasteiger partial charge is 0.330 e. The second-order valence-corrected chi connectivity index (χ2v) is 4.74. The van der Waals surface area contributed by atoms with E-state index in [1.807, 2.05) is 6.07 Å². The predicted molar refractivity (Wildman–Crippen MR) is 92.1 cm³/mol. The lowest BCUT2D eigenvalue weighted by Gasteiger charge is -2.13. The van der Waals surface area contributed by atoms with Crippen molar-refractivity contribution in [3.63, 3.8) is 0 Å². The average molecular weight is 333 g/mol. The summed E-state index contributed by atoms with van der Waals surface area (Å²) in [5, 5.41) is 2.71. The molecule has 130 valence electrons. The van der Waals surface area contributed by atoms with Gasteiger partial charge in [0.05, 0.1) is 20.8 Å². The van der Waals surface area contributed by atoms with Gasteiger partial charge in [-0.15, -0.1) is 0 Å². The molecule has 0 saturated carbocycles. The average Bonchev–Trinajstić information content (AvgIpc) is 2.59. The Morgan fingerprint density at radius 1 is 1.21 bits per heavy atom. The lowest BCUT2D eigenvalue weighted by atomic mass is 10.0. The number of hydrogen-bond donors (Lipinski definition) is 1. The molecule has 6 nitrogen and oxygen atoms in total. The zero-order chi connectivity index (χ0) is 17.9. The first-order valence-corrected chi connectivity index (χ1v) is 7.55. The fourth-order valence-electron chi connectivity index (χ4n) is 2.05. The lowest BCUT2D eigenvalue weighted by Crippen LogP contribution is -2.23. The summed E-state index contributed by atoms with van der Waals surface area (Å²) in [6, 6.07) is 3.60. The Morgan fingerprint density at radius 3 is 2.46 bits per heavy atom. The van der Waals surface area contributed by atoms with E-state index in [0.717, 1.165) is 11.1 Å². The van der Waals surface area contributed by atoms with Gasteiger partial charge in [0.1, 0.15) is 0 Å². The maximum atomic E-state index is 11.5. The van der Waals surface area contributed by atoms with Crippen LogP contribution >= 0.6 is 0 Å². The molecule has 0 spiro atoms. The molecule has 1 aromatic rings. The number of ether oxygens (including phenoxy) is 3. The number of nitrogens with one attached hydrogen (secondary N) is 1. The first-order valence-electron chi connectivity index (χ1n) is 7.55. The van der Waals surface area contributed by atoms with Crippen LogP contribution in [-0.4, -0.2) is 39.2 Å². The van der Waals surface area contributed by atoms with Crippen molar-refractivity contribution < 1.29 is 23.8 Å². The molecule has 1 rings (SSSR count). The molecule has 6 heteroatoms. The molecule has 0 aliphatic carbocycles. The van der Waals surface area contributed by atoms with Gasteiger partial charge in [0.2, 0.25) is 5.91 Å². The van der Waals surface area contributed by atoms with Gasteiger partial charge >= 0.3 is 5.97 Å². The first kappa shape index (κ1) is 19.3. The highest BCUT2D eigenvalue weighted by Gasteiger charge is 2.10. The molecule has 1 aromatic carbocycles. The third kappa shape index (κ3) is 5.79. The van der Waals surface area contributed by atoms with Crippen molar-refractivity contribution in [3.05, 3.63) is 42.0 Å². The Labute approximate surface area is 142 Å². The molecule has 0 saturated heterocycles. The molecule has 0 fully saturated rings. The van der Waals surface area contributed by atoms with E-state index < -0.39 is 5.97 Å². The van der Waals surface area contributed by atoms with Crippen LogP contribution in [0.4, 0.5) is 0 Å². The van der Waals surface area contributed by atoms with Crippen molar-refractivity contribution in [1.82, 2.24) is 5.32 Å². The van der Waals surface area contributed by atoms with E-state index in [-0.39, 0.29) is 5.91 Å². The molecular weight excluding hydrogens is 310 g/mol. The van der Waals surface area contributed by atoms with Gasteiger partial charge in [-0.3, -0.25) is 4.79 Å². The fourth-order valence-corrected chi connectivity index (χ4v) is 2.05. The molecule has 24 heavy (non-hydrogen) atoms. The van der Waals surface area contributed by atoms with Crippen LogP contribution in [0.1, 0.15) is 18.1 Å². The van der Waals surface area contributed by atoms with Gasteiger partial charge in [-0.2, -0.15) is 0 Å². The largest absolute Gasteiger partial charge is 0.493 e. The predicted octanol–water partition coefficient (Wildman–Crippen LogP) is 2.12. The van der Waals surface area contributed by atoms with Crippen LogP contribution in [0.15, 0.2) is 30.9 Å². The van der Waals surface area contributed by atoms with E-state index in [2.05, 4.69) is 11.9 Å². The Balaban J connectivity index is 3.05. The molecule has 1 N–H and O–H groups in total. The number of amides is 1. The first-order chi connectivity index (χ1) is 11.5. The van der Waals surface area contributed by atoms with E-state index in [1.165, 1.54) is 12.2 Å². The number of rotatable bonds is 9. The maximum Gasteiger partial charge on any atom is 0.330 e. The summed E-state index contributed by atoms with van der Waals surface area (Å²) in [5.74, 6) is 0.480. The van der Waals surface area contributed by atoms with Gasteiger partial charge in [0, 0.05) is 12.6 Å². The van der Waals surface area contributed by atoms with Gasteiger partial charge in [-0.1, -0.05) is 6.58 Å². The number of carbonyl (C=O) groups is 2. The Morgan fingerprint density at radius 2 is 1.88 bits per heavy atom. The summed E-state index contributed by atoms with van der Waals surface area (Å²) in [7, 11) is 3.09.